The van der Waals surface area contributed by atoms with Gasteiger partial charge in [0, 0.05) is 40.8 Å². The van der Waals surface area contributed by atoms with Crippen LogP contribution in [0.2, 0.25) is 5.02 Å². The minimum Gasteiger partial charge on any atom is -0.370 e. The minimum absolute atomic E-state index is 0.570. The van der Waals surface area contributed by atoms with Crippen molar-refractivity contribution in [2.75, 3.05) is 25.0 Å². The number of nitrogens with one attached hydrogen (secondary N) is 1. The Hall–Kier alpha value is -1.93. The van der Waals surface area contributed by atoms with Crippen LogP contribution in [0.5, 0.6) is 0 Å². The van der Waals surface area contributed by atoms with Crippen LogP contribution in [0.15, 0.2) is 69.7 Å². The lowest BCUT2D eigenvalue weighted by atomic mass is 9.97. The summed E-state index contributed by atoms with van der Waals surface area (Å²) in [7, 11) is 0. The SMILES string of the molecule is Clc1ccccc1-c1cc(NCC2CCCN(Cc3ccc(Br)cc3)C2)n2ncc(Br)c2n1. The molecule has 4 aromatic rings. The van der Waals surface area contributed by atoms with Gasteiger partial charge in [-0.05, 0) is 65.0 Å². The first kappa shape index (κ1) is 22.8. The summed E-state index contributed by atoms with van der Waals surface area (Å²) in [6, 6.07) is 18.5. The largest absolute Gasteiger partial charge is 0.370 e. The van der Waals surface area contributed by atoms with Crippen molar-refractivity contribution < 1.29 is 0 Å². The number of halogens is 3. The van der Waals surface area contributed by atoms with Crippen LogP contribution in [-0.4, -0.2) is 39.1 Å². The van der Waals surface area contributed by atoms with E-state index < -0.39 is 0 Å². The predicted octanol–water partition coefficient (Wildman–Crippen LogP) is 6.90. The zero-order valence-electron chi connectivity index (χ0n) is 18.0. The molecule has 2 aromatic carbocycles. The Morgan fingerprint density at radius 1 is 1.09 bits per heavy atom. The fourth-order valence-corrected chi connectivity index (χ4v) is 5.27. The first-order chi connectivity index (χ1) is 16.1. The summed E-state index contributed by atoms with van der Waals surface area (Å²) in [6.07, 6.45) is 4.22. The van der Waals surface area contributed by atoms with Crippen LogP contribution in [0.3, 0.4) is 0 Å². The average molecular weight is 590 g/mol. The smallest absolute Gasteiger partial charge is 0.172 e. The van der Waals surface area contributed by atoms with Gasteiger partial charge in [-0.3, -0.25) is 4.90 Å². The number of likely N-dealkylation sites (tertiary alicyclic amines) is 1. The highest BCUT2D eigenvalue weighted by molar-refractivity contribution is 9.10. The zero-order chi connectivity index (χ0) is 22.8. The number of fused-ring (bicyclic) bond motifs is 1. The van der Waals surface area contributed by atoms with Crippen molar-refractivity contribution in [2.45, 2.75) is 19.4 Å². The Morgan fingerprint density at radius 3 is 2.73 bits per heavy atom. The molecule has 2 aromatic heterocycles. The number of aromatic nitrogens is 3. The third kappa shape index (κ3) is 5.27. The summed E-state index contributed by atoms with van der Waals surface area (Å²) in [5.74, 6) is 1.49. The molecule has 1 N–H and O–H groups in total. The molecule has 1 unspecified atom stereocenters. The van der Waals surface area contributed by atoms with Crippen molar-refractivity contribution in [1.29, 1.82) is 0 Å². The van der Waals surface area contributed by atoms with Gasteiger partial charge in [-0.1, -0.05) is 57.9 Å². The number of benzene rings is 2. The molecule has 0 saturated carbocycles. The maximum atomic E-state index is 6.46. The van der Waals surface area contributed by atoms with Gasteiger partial charge in [0.1, 0.15) is 5.82 Å². The summed E-state index contributed by atoms with van der Waals surface area (Å²) < 4.78 is 3.84. The quantitative estimate of drug-likeness (QED) is 0.266. The summed E-state index contributed by atoms with van der Waals surface area (Å²) in [5, 5.41) is 8.86. The molecule has 1 aliphatic heterocycles. The van der Waals surface area contributed by atoms with Crippen molar-refractivity contribution >= 4 is 54.9 Å². The van der Waals surface area contributed by atoms with E-state index in [1.807, 2.05) is 34.8 Å². The van der Waals surface area contributed by atoms with E-state index >= 15 is 0 Å². The normalized spacial score (nSPS) is 16.9. The monoisotopic (exact) mass is 587 g/mol. The minimum atomic E-state index is 0.570. The van der Waals surface area contributed by atoms with E-state index in [1.54, 1.807) is 6.20 Å². The Morgan fingerprint density at radius 2 is 1.91 bits per heavy atom. The number of hydrogen-bond acceptors (Lipinski definition) is 4. The molecule has 3 heterocycles. The van der Waals surface area contributed by atoms with Gasteiger partial charge in [-0.15, -0.1) is 0 Å². The van der Waals surface area contributed by atoms with E-state index in [-0.39, 0.29) is 0 Å². The molecule has 1 fully saturated rings. The molecule has 0 bridgehead atoms. The molecular weight excluding hydrogens is 566 g/mol. The Kier molecular flexibility index (Phi) is 7.02. The molecule has 0 spiro atoms. The van der Waals surface area contributed by atoms with Crippen molar-refractivity contribution in [3.05, 3.63) is 80.3 Å². The molecule has 8 heteroatoms. The molecule has 0 aliphatic carbocycles. The number of hydrogen-bond donors (Lipinski definition) is 1. The fraction of sp³-hybridized carbons (Fsp3) is 0.280. The highest BCUT2D eigenvalue weighted by Gasteiger charge is 2.21. The second kappa shape index (κ2) is 10.1. The molecule has 1 saturated heterocycles. The van der Waals surface area contributed by atoms with Crippen LogP contribution in [0.1, 0.15) is 18.4 Å². The van der Waals surface area contributed by atoms with E-state index in [0.717, 1.165) is 57.8 Å². The standard InChI is InChI=1S/C25H24Br2ClN5/c26-19-9-7-17(8-10-19)15-32-11-3-4-18(16-32)13-29-24-12-23(20-5-1-2-6-22(20)28)31-25-21(27)14-30-33(24)25/h1-2,5-10,12,14,18,29H,3-4,11,13,15-16H2. The van der Waals surface area contributed by atoms with Gasteiger partial charge in [0.15, 0.2) is 5.65 Å². The van der Waals surface area contributed by atoms with E-state index in [0.29, 0.717) is 10.9 Å². The third-order valence-corrected chi connectivity index (χ3v) is 7.49. The van der Waals surface area contributed by atoms with Gasteiger partial charge in [0.05, 0.1) is 16.4 Å². The molecule has 0 amide bonds. The van der Waals surface area contributed by atoms with E-state index in [4.69, 9.17) is 16.6 Å². The third-order valence-electron chi connectivity index (χ3n) is 6.07. The lowest BCUT2D eigenvalue weighted by molar-refractivity contribution is 0.173. The number of anilines is 1. The zero-order valence-corrected chi connectivity index (χ0v) is 21.9. The lowest BCUT2D eigenvalue weighted by Crippen LogP contribution is -2.37. The Bertz CT molecular complexity index is 1260. The topological polar surface area (TPSA) is 45.5 Å². The summed E-state index contributed by atoms with van der Waals surface area (Å²) in [5.41, 5.74) is 3.87. The van der Waals surface area contributed by atoms with Crippen molar-refractivity contribution in [3.8, 4) is 11.3 Å². The average Bonchev–Trinajstić information content (AvgIpc) is 3.20. The van der Waals surface area contributed by atoms with Gasteiger partial charge in [0.2, 0.25) is 0 Å². The highest BCUT2D eigenvalue weighted by atomic mass is 79.9. The molecule has 0 radical (unpaired) electrons. The van der Waals surface area contributed by atoms with Crippen LogP contribution in [0.25, 0.3) is 16.9 Å². The first-order valence-corrected chi connectivity index (χ1v) is 13.0. The maximum absolute atomic E-state index is 6.46. The molecule has 170 valence electrons. The summed E-state index contributed by atoms with van der Waals surface area (Å²) in [6.45, 7) is 4.10. The second-order valence-electron chi connectivity index (χ2n) is 8.49. The van der Waals surface area contributed by atoms with Gasteiger partial charge >= 0.3 is 0 Å². The Labute approximate surface area is 215 Å². The number of nitrogens with zero attached hydrogens (tertiary/aromatic N) is 4. The van der Waals surface area contributed by atoms with Crippen molar-refractivity contribution in [2.24, 2.45) is 5.92 Å². The fourth-order valence-electron chi connectivity index (χ4n) is 4.43. The van der Waals surface area contributed by atoms with E-state index in [2.05, 4.69) is 71.4 Å². The maximum Gasteiger partial charge on any atom is 0.172 e. The Balaban J connectivity index is 1.32. The van der Waals surface area contributed by atoms with Crippen LogP contribution in [0.4, 0.5) is 5.82 Å². The molecule has 1 aliphatic rings. The summed E-state index contributed by atoms with van der Waals surface area (Å²) in [4.78, 5) is 7.36. The molecular formula is C25H24Br2ClN5. The van der Waals surface area contributed by atoms with Crippen LogP contribution in [0, 0.1) is 5.92 Å². The number of rotatable bonds is 6. The first-order valence-electron chi connectivity index (χ1n) is 11.1. The van der Waals surface area contributed by atoms with Gasteiger partial charge in [0.25, 0.3) is 0 Å². The van der Waals surface area contributed by atoms with Crippen LogP contribution in [-0.2, 0) is 6.54 Å². The highest BCUT2D eigenvalue weighted by Crippen LogP contribution is 2.30. The predicted molar refractivity (Wildman–Crippen MR) is 142 cm³/mol. The second-order valence-corrected chi connectivity index (χ2v) is 10.7. The van der Waals surface area contributed by atoms with Crippen molar-refractivity contribution in [1.82, 2.24) is 19.5 Å². The van der Waals surface area contributed by atoms with E-state index in [1.165, 1.54) is 18.4 Å². The van der Waals surface area contributed by atoms with Crippen LogP contribution < -0.4 is 5.32 Å². The lowest BCUT2D eigenvalue weighted by Gasteiger charge is -2.33. The van der Waals surface area contributed by atoms with Gasteiger partial charge in [-0.2, -0.15) is 9.61 Å². The van der Waals surface area contributed by atoms with E-state index in [9.17, 15) is 0 Å². The molecule has 5 nitrogen and oxygen atoms in total. The molecule has 5 rings (SSSR count). The van der Waals surface area contributed by atoms with Crippen LogP contribution >= 0.6 is 43.5 Å². The molecule has 1 atom stereocenters. The number of piperidine rings is 1. The van der Waals surface area contributed by atoms with Gasteiger partial charge in [-0.25, -0.2) is 4.98 Å². The molecule has 33 heavy (non-hydrogen) atoms. The summed E-state index contributed by atoms with van der Waals surface area (Å²) >= 11 is 13.6. The van der Waals surface area contributed by atoms with Crippen molar-refractivity contribution in [3.63, 3.8) is 0 Å². The van der Waals surface area contributed by atoms with Gasteiger partial charge < -0.3 is 5.32 Å².